The van der Waals surface area contributed by atoms with E-state index in [0.29, 0.717) is 28.3 Å². The van der Waals surface area contributed by atoms with Crippen molar-refractivity contribution in [3.8, 4) is 23.6 Å². The Morgan fingerprint density at radius 2 is 1.84 bits per heavy atom. The van der Waals surface area contributed by atoms with E-state index in [2.05, 4.69) is 34.0 Å². The van der Waals surface area contributed by atoms with E-state index >= 15 is 0 Å². The lowest BCUT2D eigenvalue weighted by Crippen LogP contribution is -2.13. The number of rotatable bonds is 7. The number of amides is 1. The van der Waals surface area contributed by atoms with Gasteiger partial charge in [0.05, 0.1) is 22.3 Å². The lowest BCUT2D eigenvalue weighted by atomic mass is 10.1. The number of carbonyl (C=O) groups excluding carboxylic acids is 1. The summed E-state index contributed by atoms with van der Waals surface area (Å²) in [6, 6.07) is 23.6. The summed E-state index contributed by atoms with van der Waals surface area (Å²) in [6.07, 6.45) is 1.52. The molecule has 1 N–H and O–H groups in total. The Kier molecular flexibility index (Phi) is 7.85. The number of halogens is 1. The molecule has 1 amide bonds. The molecule has 0 atom stereocenters. The van der Waals surface area contributed by atoms with Gasteiger partial charge in [-0.2, -0.15) is 10.5 Å². The number of hydrogen-bond donors (Lipinski definition) is 1. The molecule has 0 spiro atoms. The van der Waals surface area contributed by atoms with Gasteiger partial charge in [0.15, 0.2) is 0 Å². The van der Waals surface area contributed by atoms with Crippen LogP contribution in [-0.4, -0.2) is 13.0 Å². The molecule has 0 fully saturated rings. The number of benzene rings is 3. The maximum atomic E-state index is 12.5. The van der Waals surface area contributed by atoms with Crippen LogP contribution in [0.15, 0.2) is 72.3 Å². The summed E-state index contributed by atoms with van der Waals surface area (Å²) >= 11 is 2.13. The zero-order valence-electron chi connectivity index (χ0n) is 17.1. The second-order valence-corrected chi connectivity index (χ2v) is 7.76. The molecule has 0 aromatic heterocycles. The summed E-state index contributed by atoms with van der Waals surface area (Å²) in [7, 11) is 1.56. The number of carbonyl (C=O) groups is 1. The summed E-state index contributed by atoms with van der Waals surface area (Å²) in [5.74, 6) is 0.824. The number of nitrogens with zero attached hydrogens (tertiary/aromatic N) is 2. The van der Waals surface area contributed by atoms with Crippen LogP contribution in [0.3, 0.4) is 0 Å². The second-order valence-electron chi connectivity index (χ2n) is 6.60. The molecule has 0 saturated carbocycles. The number of hydrogen-bond acceptors (Lipinski definition) is 5. The normalized spacial score (nSPS) is 10.6. The van der Waals surface area contributed by atoms with Crippen molar-refractivity contribution >= 4 is 40.3 Å². The molecule has 0 aliphatic heterocycles. The van der Waals surface area contributed by atoms with Crippen molar-refractivity contribution in [2.45, 2.75) is 6.61 Å². The van der Waals surface area contributed by atoms with Gasteiger partial charge in [0, 0.05) is 11.3 Å². The van der Waals surface area contributed by atoms with Crippen molar-refractivity contribution in [3.05, 3.63) is 92.6 Å². The van der Waals surface area contributed by atoms with E-state index in [1.807, 2.05) is 30.3 Å². The van der Waals surface area contributed by atoms with Crippen LogP contribution < -0.4 is 14.8 Å². The minimum absolute atomic E-state index is 0.0202. The van der Waals surface area contributed by atoms with Gasteiger partial charge >= 0.3 is 0 Å². The first-order valence-electron chi connectivity index (χ1n) is 9.51. The van der Waals surface area contributed by atoms with Crippen LogP contribution in [-0.2, 0) is 11.4 Å². The van der Waals surface area contributed by atoms with E-state index in [1.165, 1.54) is 6.08 Å². The van der Waals surface area contributed by atoms with Crippen LogP contribution in [0.2, 0.25) is 0 Å². The van der Waals surface area contributed by atoms with Gasteiger partial charge in [-0.05, 0) is 76.7 Å². The summed E-state index contributed by atoms with van der Waals surface area (Å²) in [5, 5.41) is 21.3. The van der Waals surface area contributed by atoms with Crippen molar-refractivity contribution < 1.29 is 14.3 Å². The molecular weight excluding hydrogens is 517 g/mol. The van der Waals surface area contributed by atoms with Gasteiger partial charge in [0.1, 0.15) is 29.7 Å². The molecular formula is C25H18IN3O3. The van der Waals surface area contributed by atoms with E-state index < -0.39 is 5.91 Å². The topological polar surface area (TPSA) is 95.1 Å². The summed E-state index contributed by atoms with van der Waals surface area (Å²) in [4.78, 5) is 12.5. The van der Waals surface area contributed by atoms with Crippen LogP contribution in [0.25, 0.3) is 6.08 Å². The molecule has 0 radical (unpaired) electrons. The molecule has 7 heteroatoms. The molecule has 0 aliphatic rings. The van der Waals surface area contributed by atoms with Crippen molar-refractivity contribution in [2.24, 2.45) is 0 Å². The van der Waals surface area contributed by atoms with Crippen LogP contribution in [0.5, 0.6) is 11.5 Å². The highest BCUT2D eigenvalue weighted by molar-refractivity contribution is 14.1. The number of ether oxygens (including phenoxy) is 2. The molecule has 32 heavy (non-hydrogen) atoms. The SMILES string of the molecule is COc1ccc(NC(=O)/C(C#N)=C\c2ccc(OCc3ccccc3C#N)c(I)c2)cc1. The molecule has 3 aromatic rings. The zero-order chi connectivity index (χ0) is 22.9. The smallest absolute Gasteiger partial charge is 0.266 e. The number of methoxy groups -OCH3 is 1. The zero-order valence-corrected chi connectivity index (χ0v) is 19.3. The third-order valence-corrected chi connectivity index (χ3v) is 5.34. The fraction of sp³-hybridized carbons (Fsp3) is 0.0800. The molecule has 0 unspecified atom stereocenters. The summed E-state index contributed by atoms with van der Waals surface area (Å²) < 4.78 is 11.8. The second kappa shape index (κ2) is 11.0. The van der Waals surface area contributed by atoms with Gasteiger partial charge in [0.2, 0.25) is 0 Å². The minimum Gasteiger partial charge on any atom is -0.497 e. The van der Waals surface area contributed by atoms with Crippen molar-refractivity contribution in [1.29, 1.82) is 10.5 Å². The highest BCUT2D eigenvalue weighted by atomic mass is 127. The molecule has 6 nitrogen and oxygen atoms in total. The van der Waals surface area contributed by atoms with Gasteiger partial charge in [-0.15, -0.1) is 0 Å². The van der Waals surface area contributed by atoms with E-state index in [1.54, 1.807) is 49.6 Å². The van der Waals surface area contributed by atoms with Gasteiger partial charge in [-0.3, -0.25) is 4.79 Å². The predicted octanol–water partition coefficient (Wildman–Crippen LogP) is 5.30. The Balaban J connectivity index is 1.71. The lowest BCUT2D eigenvalue weighted by molar-refractivity contribution is -0.112. The fourth-order valence-electron chi connectivity index (χ4n) is 2.82. The first-order valence-corrected chi connectivity index (χ1v) is 10.6. The van der Waals surface area contributed by atoms with E-state index in [-0.39, 0.29) is 12.2 Å². The fourth-order valence-corrected chi connectivity index (χ4v) is 3.52. The van der Waals surface area contributed by atoms with Crippen LogP contribution in [0.4, 0.5) is 5.69 Å². The van der Waals surface area contributed by atoms with E-state index in [0.717, 1.165) is 9.13 Å². The number of nitrogens with one attached hydrogen (secondary N) is 1. The molecule has 0 heterocycles. The first kappa shape index (κ1) is 22.9. The van der Waals surface area contributed by atoms with E-state index in [9.17, 15) is 15.3 Å². The van der Waals surface area contributed by atoms with Crippen molar-refractivity contribution in [2.75, 3.05) is 12.4 Å². The maximum Gasteiger partial charge on any atom is 0.266 e. The average molecular weight is 535 g/mol. The Hall–Kier alpha value is -3.82. The highest BCUT2D eigenvalue weighted by Crippen LogP contribution is 2.25. The molecule has 158 valence electrons. The van der Waals surface area contributed by atoms with Gasteiger partial charge < -0.3 is 14.8 Å². The Morgan fingerprint density at radius 3 is 2.50 bits per heavy atom. The lowest BCUT2D eigenvalue weighted by Gasteiger charge is -2.10. The van der Waals surface area contributed by atoms with Crippen LogP contribution >= 0.6 is 22.6 Å². The number of nitriles is 2. The standard InChI is InChI=1S/C25H18IN3O3/c1-31-22-9-7-21(8-10-22)29-25(30)20(15-28)12-17-6-11-24(23(26)13-17)32-16-19-5-3-2-4-18(19)14-27/h2-13H,16H2,1H3,(H,29,30)/b20-12-. The first-order chi connectivity index (χ1) is 15.5. The van der Waals surface area contributed by atoms with Gasteiger partial charge in [-0.25, -0.2) is 0 Å². The summed E-state index contributed by atoms with van der Waals surface area (Å²) in [6.45, 7) is 0.267. The predicted molar refractivity (Wildman–Crippen MR) is 130 cm³/mol. The third-order valence-electron chi connectivity index (χ3n) is 4.50. The summed E-state index contributed by atoms with van der Waals surface area (Å²) in [5.41, 5.74) is 2.61. The average Bonchev–Trinajstić information content (AvgIpc) is 2.82. The molecule has 0 aliphatic carbocycles. The Labute approximate surface area is 199 Å². The molecule has 3 aromatic carbocycles. The Morgan fingerprint density at radius 1 is 1.09 bits per heavy atom. The number of anilines is 1. The maximum absolute atomic E-state index is 12.5. The van der Waals surface area contributed by atoms with Crippen molar-refractivity contribution in [3.63, 3.8) is 0 Å². The van der Waals surface area contributed by atoms with E-state index in [4.69, 9.17) is 9.47 Å². The van der Waals surface area contributed by atoms with Crippen molar-refractivity contribution in [1.82, 2.24) is 0 Å². The monoisotopic (exact) mass is 535 g/mol. The third kappa shape index (κ3) is 5.87. The molecule has 3 rings (SSSR count). The van der Waals surface area contributed by atoms with Crippen LogP contribution in [0.1, 0.15) is 16.7 Å². The minimum atomic E-state index is -0.499. The molecule has 0 bridgehead atoms. The quantitative estimate of drug-likeness (QED) is 0.252. The highest BCUT2D eigenvalue weighted by Gasteiger charge is 2.11. The largest absolute Gasteiger partial charge is 0.497 e. The van der Waals surface area contributed by atoms with Crippen LogP contribution in [0, 0.1) is 26.2 Å². The van der Waals surface area contributed by atoms with Gasteiger partial charge in [0.25, 0.3) is 5.91 Å². The van der Waals surface area contributed by atoms with Gasteiger partial charge in [-0.1, -0.05) is 24.3 Å². The molecule has 0 saturated heterocycles. The Bertz CT molecular complexity index is 1240.